The monoisotopic (exact) mass is 584 g/mol. The zero-order valence-electron chi connectivity index (χ0n) is 22.3. The van der Waals surface area contributed by atoms with E-state index in [0.717, 1.165) is 41.6 Å². The molecule has 0 unspecified atom stereocenters. The quantitative estimate of drug-likeness (QED) is 0.220. The highest BCUT2D eigenvalue weighted by atomic mass is 32.2. The fourth-order valence-electron chi connectivity index (χ4n) is 5.09. The largest absolute Gasteiger partial charge is 0.352 e. The van der Waals surface area contributed by atoms with Crippen molar-refractivity contribution < 1.29 is 12.8 Å². The van der Waals surface area contributed by atoms with Crippen molar-refractivity contribution in [2.45, 2.75) is 12.6 Å². The number of anilines is 1. The summed E-state index contributed by atoms with van der Waals surface area (Å²) in [5.74, 6) is 0.275. The van der Waals surface area contributed by atoms with Gasteiger partial charge in [-0.05, 0) is 47.5 Å². The van der Waals surface area contributed by atoms with Crippen molar-refractivity contribution in [2.24, 2.45) is 5.73 Å². The number of nitrogens with one attached hydrogen (secondary N) is 3. The summed E-state index contributed by atoms with van der Waals surface area (Å²) >= 11 is 0. The van der Waals surface area contributed by atoms with Crippen LogP contribution in [0.1, 0.15) is 5.56 Å². The summed E-state index contributed by atoms with van der Waals surface area (Å²) in [5, 5.41) is 8.36. The number of aromatic nitrogens is 7. The Hall–Kier alpha value is -4.79. The van der Waals surface area contributed by atoms with Crippen molar-refractivity contribution in [2.75, 3.05) is 24.2 Å². The van der Waals surface area contributed by atoms with Gasteiger partial charge >= 0.3 is 0 Å². The van der Waals surface area contributed by atoms with E-state index in [2.05, 4.69) is 34.8 Å². The van der Waals surface area contributed by atoms with Crippen LogP contribution in [0.3, 0.4) is 0 Å². The lowest BCUT2D eigenvalue weighted by molar-refractivity contribution is 0.514. The number of halogens is 1. The number of hydrogen-bond acceptors (Lipinski definition) is 9. The highest BCUT2D eigenvalue weighted by molar-refractivity contribution is 7.88. The minimum absolute atomic E-state index is 0.0303. The summed E-state index contributed by atoms with van der Waals surface area (Å²) in [6.45, 7) is 1.45. The molecule has 212 valence electrons. The molecule has 1 saturated heterocycles. The fourth-order valence-corrected chi connectivity index (χ4v) is 5.52. The van der Waals surface area contributed by atoms with Gasteiger partial charge in [0, 0.05) is 42.8 Å². The van der Waals surface area contributed by atoms with Gasteiger partial charge < -0.3 is 15.6 Å². The maximum Gasteiger partial charge on any atom is 0.209 e. The van der Waals surface area contributed by atoms with E-state index in [4.69, 9.17) is 15.7 Å². The molecular formula is C28H25FN10O2S. The van der Waals surface area contributed by atoms with Gasteiger partial charge in [0.15, 0.2) is 0 Å². The van der Waals surface area contributed by atoms with Crippen molar-refractivity contribution in [3.05, 3.63) is 72.6 Å². The van der Waals surface area contributed by atoms with Gasteiger partial charge in [0.2, 0.25) is 10.0 Å². The second-order valence-corrected chi connectivity index (χ2v) is 12.2. The molecule has 0 radical (unpaired) electrons. The highest BCUT2D eigenvalue weighted by Crippen LogP contribution is 2.34. The molecule has 5 N–H and O–H groups in total. The van der Waals surface area contributed by atoms with Crippen LogP contribution in [0.25, 0.3) is 55.8 Å². The van der Waals surface area contributed by atoms with Gasteiger partial charge in [-0.3, -0.25) is 15.1 Å². The number of fused-ring (bicyclic) bond motifs is 2. The molecule has 6 heterocycles. The first-order valence-electron chi connectivity index (χ1n) is 13.1. The molecule has 12 nitrogen and oxygen atoms in total. The summed E-state index contributed by atoms with van der Waals surface area (Å²) < 4.78 is 40.1. The Morgan fingerprint density at radius 2 is 1.86 bits per heavy atom. The molecule has 5 aromatic heterocycles. The smallest absolute Gasteiger partial charge is 0.209 e. The molecule has 1 aliphatic rings. The molecule has 6 aromatic rings. The number of hydrogen-bond donors (Lipinski definition) is 4. The minimum Gasteiger partial charge on any atom is -0.352 e. The number of nitrogens with two attached hydrogens (primary N) is 1. The van der Waals surface area contributed by atoms with Crippen molar-refractivity contribution in [3.8, 4) is 33.9 Å². The van der Waals surface area contributed by atoms with E-state index in [1.807, 2.05) is 18.2 Å². The third kappa shape index (κ3) is 4.95. The summed E-state index contributed by atoms with van der Waals surface area (Å²) in [5.41, 5.74) is 12.4. The van der Waals surface area contributed by atoms with Crippen molar-refractivity contribution in [1.29, 1.82) is 0 Å². The van der Waals surface area contributed by atoms with E-state index in [0.29, 0.717) is 45.0 Å². The van der Waals surface area contributed by atoms with E-state index in [9.17, 15) is 12.8 Å². The minimum atomic E-state index is -3.43. The molecule has 0 bridgehead atoms. The lowest BCUT2D eigenvalue weighted by atomic mass is 10.0. The average Bonchev–Trinajstić information content (AvgIpc) is 3.57. The van der Waals surface area contributed by atoms with Gasteiger partial charge in [-0.15, -0.1) is 0 Å². The van der Waals surface area contributed by atoms with Crippen LogP contribution in [0.5, 0.6) is 0 Å². The topological polar surface area (TPSA) is 171 Å². The first-order chi connectivity index (χ1) is 20.2. The molecule has 0 amide bonds. The third-order valence-corrected chi connectivity index (χ3v) is 7.80. The van der Waals surface area contributed by atoms with Crippen LogP contribution in [0.15, 0.2) is 61.2 Å². The van der Waals surface area contributed by atoms with Gasteiger partial charge in [0.25, 0.3) is 0 Å². The molecule has 1 fully saturated rings. The first kappa shape index (κ1) is 26.1. The standard InChI is InChI=1S/C28H25FN10O2S/c1-42(40,41)33-8-15-4-16(6-17(29)5-15)20-9-31-10-24-19(20)7-23(34-24)28-27-22(37-38-28)3-2-21(36-27)25-11-32-12-26(35-25)39-13-18(30)14-39/h2-7,9-12,18,33-34H,8,13-14,30H2,1H3,(H,37,38). The maximum absolute atomic E-state index is 14.6. The zero-order chi connectivity index (χ0) is 29.0. The van der Waals surface area contributed by atoms with Crippen LogP contribution in [-0.4, -0.2) is 68.9 Å². The molecule has 1 aromatic carbocycles. The van der Waals surface area contributed by atoms with Crippen molar-refractivity contribution in [3.63, 3.8) is 0 Å². The van der Waals surface area contributed by atoms with Gasteiger partial charge in [-0.1, -0.05) is 0 Å². The van der Waals surface area contributed by atoms with Crippen LogP contribution < -0.4 is 15.4 Å². The number of nitrogens with zero attached hydrogens (tertiary/aromatic N) is 6. The molecule has 42 heavy (non-hydrogen) atoms. The Morgan fingerprint density at radius 1 is 1.02 bits per heavy atom. The Kier molecular flexibility index (Phi) is 6.18. The summed E-state index contributed by atoms with van der Waals surface area (Å²) in [4.78, 5) is 23.8. The molecular weight excluding hydrogens is 559 g/mol. The third-order valence-electron chi connectivity index (χ3n) is 7.13. The lowest BCUT2D eigenvalue weighted by Gasteiger charge is -2.37. The van der Waals surface area contributed by atoms with Crippen LogP contribution in [0.4, 0.5) is 10.2 Å². The van der Waals surface area contributed by atoms with Gasteiger partial charge in [0.1, 0.15) is 28.5 Å². The highest BCUT2D eigenvalue weighted by Gasteiger charge is 2.25. The van der Waals surface area contributed by atoms with E-state index >= 15 is 0 Å². The molecule has 0 spiro atoms. The van der Waals surface area contributed by atoms with Crippen molar-refractivity contribution in [1.82, 2.24) is 39.8 Å². The molecule has 0 atom stereocenters. The Morgan fingerprint density at radius 3 is 2.67 bits per heavy atom. The van der Waals surface area contributed by atoms with Gasteiger partial charge in [0.05, 0.1) is 47.3 Å². The average molecular weight is 585 g/mol. The number of pyridine rings is 2. The SMILES string of the molecule is CS(=O)(=O)NCc1cc(F)cc(-c2cncc3[nH]c(-c4n[nH]c5ccc(-c6cncc(N7CC(N)C7)n6)nc45)cc23)c1. The summed E-state index contributed by atoms with van der Waals surface area (Å²) in [6, 6.07) is 10.3. The van der Waals surface area contributed by atoms with Crippen LogP contribution in [-0.2, 0) is 16.6 Å². The normalized spacial score (nSPS) is 14.1. The number of sulfonamides is 1. The summed E-state index contributed by atoms with van der Waals surface area (Å²) in [6.07, 6.45) is 7.79. The van der Waals surface area contributed by atoms with E-state index in [1.54, 1.807) is 30.9 Å². The Balaban J connectivity index is 1.26. The lowest BCUT2D eigenvalue weighted by Crippen LogP contribution is -2.56. The summed E-state index contributed by atoms with van der Waals surface area (Å²) in [7, 11) is -3.43. The van der Waals surface area contributed by atoms with E-state index in [-0.39, 0.29) is 12.6 Å². The van der Waals surface area contributed by atoms with E-state index in [1.165, 1.54) is 12.1 Å². The van der Waals surface area contributed by atoms with Crippen LogP contribution in [0.2, 0.25) is 0 Å². The maximum atomic E-state index is 14.6. The molecule has 7 rings (SSSR count). The van der Waals surface area contributed by atoms with Crippen LogP contribution >= 0.6 is 0 Å². The van der Waals surface area contributed by atoms with Gasteiger partial charge in [-0.25, -0.2) is 27.5 Å². The van der Waals surface area contributed by atoms with Crippen molar-refractivity contribution >= 4 is 37.8 Å². The Bertz CT molecular complexity index is 2090. The second-order valence-electron chi connectivity index (χ2n) is 10.4. The van der Waals surface area contributed by atoms with E-state index < -0.39 is 15.8 Å². The number of rotatable bonds is 7. The molecule has 0 saturated carbocycles. The fraction of sp³-hybridized carbons (Fsp3) is 0.179. The number of benzene rings is 1. The predicted molar refractivity (Wildman–Crippen MR) is 157 cm³/mol. The first-order valence-corrected chi connectivity index (χ1v) is 15.0. The Labute approximate surface area is 239 Å². The number of H-pyrrole nitrogens is 2. The molecule has 0 aliphatic carbocycles. The molecule has 1 aliphatic heterocycles. The predicted octanol–water partition coefficient (Wildman–Crippen LogP) is 2.96. The van der Waals surface area contributed by atoms with Gasteiger partial charge in [-0.2, -0.15) is 5.10 Å². The number of aromatic amines is 2. The van der Waals surface area contributed by atoms with Crippen LogP contribution in [0, 0.1) is 5.82 Å². The zero-order valence-corrected chi connectivity index (χ0v) is 23.2. The second kappa shape index (κ2) is 9.94. The molecule has 14 heteroatoms.